The van der Waals surface area contributed by atoms with Crippen molar-refractivity contribution in [1.82, 2.24) is 10.2 Å². The van der Waals surface area contributed by atoms with E-state index in [-0.39, 0.29) is 18.6 Å². The number of aliphatic hydroxyl groups excluding tert-OH is 1. The number of thiophene rings is 1. The van der Waals surface area contributed by atoms with Gasteiger partial charge in [-0.15, -0.1) is 11.3 Å². The number of hydrogen-bond acceptors (Lipinski definition) is 6. The molecule has 0 bridgehead atoms. The van der Waals surface area contributed by atoms with Gasteiger partial charge in [0.1, 0.15) is 6.04 Å². The molecule has 1 aliphatic rings. The predicted molar refractivity (Wildman–Crippen MR) is 169 cm³/mol. The molecule has 8 heteroatoms. The highest BCUT2D eigenvalue weighted by Crippen LogP contribution is 2.30. The molecule has 2 heterocycles. The third-order valence-corrected chi connectivity index (χ3v) is 8.73. The highest BCUT2D eigenvalue weighted by atomic mass is 32.1. The minimum absolute atomic E-state index is 0.0230. The summed E-state index contributed by atoms with van der Waals surface area (Å²) in [6.45, 7) is 6.33. The first-order chi connectivity index (χ1) is 20.2. The van der Waals surface area contributed by atoms with Gasteiger partial charge in [-0.05, 0) is 61.2 Å². The second-order valence-electron chi connectivity index (χ2n) is 11.5. The van der Waals surface area contributed by atoms with E-state index in [9.17, 15) is 14.7 Å². The van der Waals surface area contributed by atoms with Crippen LogP contribution < -0.4 is 11.1 Å². The molecular weight excluding hydrogens is 546 g/mol. The lowest BCUT2D eigenvalue weighted by atomic mass is 9.83. The molecule has 42 heavy (non-hydrogen) atoms. The minimum Gasteiger partial charge on any atom is -0.395 e. The summed E-state index contributed by atoms with van der Waals surface area (Å²) in [6.07, 6.45) is 5.86. The number of amides is 2. The SMILES string of the molecule is CC(N)C(=O)NC(C(=O)N1CCCC1/C=C/C(C)(CO)Cc1cccc(-c2cccs2)c1)C(C)OCc1ccccc1. The van der Waals surface area contributed by atoms with Crippen molar-refractivity contribution in [3.8, 4) is 10.4 Å². The maximum absolute atomic E-state index is 13.9. The van der Waals surface area contributed by atoms with Gasteiger partial charge in [0.2, 0.25) is 11.8 Å². The van der Waals surface area contributed by atoms with E-state index >= 15 is 0 Å². The highest BCUT2D eigenvalue weighted by molar-refractivity contribution is 7.13. The zero-order chi connectivity index (χ0) is 30.1. The van der Waals surface area contributed by atoms with Crippen molar-refractivity contribution >= 4 is 23.2 Å². The topological polar surface area (TPSA) is 105 Å². The quantitative estimate of drug-likeness (QED) is 0.245. The molecule has 5 atom stereocenters. The van der Waals surface area contributed by atoms with E-state index in [1.165, 1.54) is 10.4 Å². The van der Waals surface area contributed by atoms with Gasteiger partial charge in [0.15, 0.2) is 0 Å². The maximum atomic E-state index is 13.9. The van der Waals surface area contributed by atoms with Crippen molar-refractivity contribution in [3.63, 3.8) is 0 Å². The van der Waals surface area contributed by atoms with E-state index in [1.807, 2.05) is 60.4 Å². The normalized spacial score (nSPS) is 18.9. The van der Waals surface area contributed by atoms with Crippen molar-refractivity contribution in [2.45, 2.75) is 70.9 Å². The Balaban J connectivity index is 1.47. The van der Waals surface area contributed by atoms with Crippen molar-refractivity contribution < 1.29 is 19.4 Å². The Labute approximate surface area is 253 Å². The Morgan fingerprint density at radius 3 is 2.60 bits per heavy atom. The summed E-state index contributed by atoms with van der Waals surface area (Å²) in [5.41, 5.74) is 8.63. The summed E-state index contributed by atoms with van der Waals surface area (Å²) in [5, 5.41) is 15.3. The van der Waals surface area contributed by atoms with Gasteiger partial charge in [-0.1, -0.05) is 79.7 Å². The predicted octanol–water partition coefficient (Wildman–Crippen LogP) is 4.94. The summed E-state index contributed by atoms with van der Waals surface area (Å²) in [7, 11) is 0. The van der Waals surface area contributed by atoms with Crippen LogP contribution in [0.1, 0.15) is 44.7 Å². The van der Waals surface area contributed by atoms with Crippen LogP contribution in [-0.4, -0.2) is 59.2 Å². The highest BCUT2D eigenvalue weighted by Gasteiger charge is 2.37. The average Bonchev–Trinajstić information content (AvgIpc) is 3.71. The molecule has 0 aliphatic carbocycles. The molecule has 4 N–H and O–H groups in total. The number of ether oxygens (including phenoxy) is 1. The van der Waals surface area contributed by atoms with Crippen LogP contribution in [0, 0.1) is 5.41 Å². The van der Waals surface area contributed by atoms with Crippen LogP contribution in [-0.2, 0) is 27.4 Å². The Hall–Kier alpha value is -3.30. The van der Waals surface area contributed by atoms with Crippen LogP contribution >= 0.6 is 11.3 Å². The molecule has 1 saturated heterocycles. The van der Waals surface area contributed by atoms with E-state index in [2.05, 4.69) is 41.0 Å². The Kier molecular flexibility index (Phi) is 11.1. The lowest BCUT2D eigenvalue weighted by molar-refractivity contribution is -0.141. The van der Waals surface area contributed by atoms with Crippen LogP contribution in [0.3, 0.4) is 0 Å². The van der Waals surface area contributed by atoms with Crippen LogP contribution in [0.15, 0.2) is 84.3 Å². The molecule has 4 rings (SSSR count). The number of nitrogens with two attached hydrogens (primary N) is 1. The summed E-state index contributed by atoms with van der Waals surface area (Å²) in [5.74, 6) is -0.585. The summed E-state index contributed by atoms with van der Waals surface area (Å²) in [6, 6.07) is 20.6. The van der Waals surface area contributed by atoms with E-state index in [0.717, 1.165) is 24.0 Å². The van der Waals surface area contributed by atoms with Gasteiger partial charge in [0.25, 0.3) is 0 Å². The second-order valence-corrected chi connectivity index (χ2v) is 12.5. The smallest absolute Gasteiger partial charge is 0.248 e. The Bertz CT molecular complexity index is 1330. The van der Waals surface area contributed by atoms with Crippen molar-refractivity contribution in [2.75, 3.05) is 13.2 Å². The fraction of sp³-hybridized carbons (Fsp3) is 0.412. The van der Waals surface area contributed by atoms with Crippen LogP contribution in [0.25, 0.3) is 10.4 Å². The molecule has 7 nitrogen and oxygen atoms in total. The average molecular weight is 590 g/mol. The fourth-order valence-electron chi connectivity index (χ4n) is 5.26. The number of likely N-dealkylation sites (tertiary alicyclic amines) is 1. The molecule has 0 spiro atoms. The first kappa shape index (κ1) is 31.6. The number of nitrogens with zero attached hydrogens (tertiary/aromatic N) is 1. The van der Waals surface area contributed by atoms with Crippen molar-refractivity contribution in [1.29, 1.82) is 0 Å². The number of hydrogen-bond donors (Lipinski definition) is 3. The number of rotatable bonds is 13. The van der Waals surface area contributed by atoms with Gasteiger partial charge in [-0.25, -0.2) is 0 Å². The molecule has 2 aromatic carbocycles. The van der Waals surface area contributed by atoms with Crippen LogP contribution in [0.5, 0.6) is 0 Å². The first-order valence-electron chi connectivity index (χ1n) is 14.6. The van der Waals surface area contributed by atoms with Crippen molar-refractivity contribution in [3.05, 3.63) is 95.4 Å². The van der Waals surface area contributed by atoms with Gasteiger partial charge in [0.05, 0.1) is 31.4 Å². The van der Waals surface area contributed by atoms with Gasteiger partial charge in [-0.3, -0.25) is 9.59 Å². The number of aliphatic hydroxyl groups is 1. The lowest BCUT2D eigenvalue weighted by Gasteiger charge is -2.32. The number of benzene rings is 2. The molecule has 1 aromatic heterocycles. The van der Waals surface area contributed by atoms with Gasteiger partial charge < -0.3 is 25.8 Å². The molecular formula is C34H43N3O4S. The number of carbonyl (C=O) groups is 2. The lowest BCUT2D eigenvalue weighted by Crippen LogP contribution is -2.57. The maximum Gasteiger partial charge on any atom is 0.248 e. The molecule has 1 fully saturated rings. The zero-order valence-electron chi connectivity index (χ0n) is 24.7. The van der Waals surface area contributed by atoms with Gasteiger partial charge in [0, 0.05) is 16.8 Å². The first-order valence-corrected chi connectivity index (χ1v) is 15.5. The molecule has 0 radical (unpaired) electrons. The number of carbonyl (C=O) groups excluding carboxylic acids is 2. The third kappa shape index (κ3) is 8.38. The largest absolute Gasteiger partial charge is 0.395 e. The molecule has 224 valence electrons. The van der Waals surface area contributed by atoms with E-state index in [4.69, 9.17) is 10.5 Å². The molecule has 3 aromatic rings. The monoisotopic (exact) mass is 589 g/mol. The Morgan fingerprint density at radius 2 is 1.90 bits per heavy atom. The van der Waals surface area contributed by atoms with Crippen molar-refractivity contribution in [2.24, 2.45) is 11.1 Å². The van der Waals surface area contributed by atoms with Crippen LogP contribution in [0.2, 0.25) is 0 Å². The summed E-state index contributed by atoms with van der Waals surface area (Å²) in [4.78, 5) is 29.5. The van der Waals surface area contributed by atoms with E-state index < -0.39 is 29.5 Å². The van der Waals surface area contributed by atoms with E-state index in [0.29, 0.717) is 19.6 Å². The summed E-state index contributed by atoms with van der Waals surface area (Å²) >= 11 is 1.71. The standard InChI is InChI=1S/C34H43N3O4S/c1-24(35)32(39)36-31(25(2)41-22-26-10-5-4-6-11-26)33(40)37-18-8-14-29(37)16-17-34(3,23-38)21-27-12-7-13-28(20-27)30-15-9-19-42-30/h4-7,9-13,15-17,19-20,24-25,29,31,38H,8,14,18,21-23,35H2,1-3H3,(H,36,39)/b17-16+. The molecule has 1 aliphatic heterocycles. The van der Waals surface area contributed by atoms with E-state index in [1.54, 1.807) is 25.2 Å². The third-order valence-electron chi connectivity index (χ3n) is 7.81. The second kappa shape index (κ2) is 14.7. The molecule has 2 amide bonds. The van der Waals surface area contributed by atoms with Gasteiger partial charge in [-0.2, -0.15) is 0 Å². The number of nitrogens with one attached hydrogen (secondary N) is 1. The summed E-state index contributed by atoms with van der Waals surface area (Å²) < 4.78 is 6.07. The van der Waals surface area contributed by atoms with Gasteiger partial charge >= 0.3 is 0 Å². The fourth-order valence-corrected chi connectivity index (χ4v) is 5.99. The van der Waals surface area contributed by atoms with Crippen LogP contribution in [0.4, 0.5) is 0 Å². The minimum atomic E-state index is -0.870. The molecule has 5 unspecified atom stereocenters. The zero-order valence-corrected chi connectivity index (χ0v) is 25.6. The molecule has 0 saturated carbocycles. The Morgan fingerprint density at radius 1 is 1.14 bits per heavy atom.